The lowest BCUT2D eigenvalue weighted by Gasteiger charge is -2.21. The van der Waals surface area contributed by atoms with Crippen molar-refractivity contribution < 1.29 is 19.5 Å². The third kappa shape index (κ3) is 4.42. The molecule has 0 bridgehead atoms. The van der Waals surface area contributed by atoms with Gasteiger partial charge in [-0.2, -0.15) is 0 Å². The van der Waals surface area contributed by atoms with Crippen molar-refractivity contribution in [2.75, 3.05) is 13.1 Å². The van der Waals surface area contributed by atoms with Crippen LogP contribution in [0, 0.1) is 11.8 Å². The van der Waals surface area contributed by atoms with Gasteiger partial charge in [0.25, 0.3) is 0 Å². The van der Waals surface area contributed by atoms with Crippen LogP contribution in [0.3, 0.4) is 0 Å². The number of nitrogens with zero attached hydrogens (tertiary/aromatic N) is 1. The number of carboxylic acid groups (broad SMARTS) is 1. The van der Waals surface area contributed by atoms with Crippen molar-refractivity contribution in [2.45, 2.75) is 32.7 Å². The van der Waals surface area contributed by atoms with Gasteiger partial charge >= 0.3 is 12.0 Å². The second-order valence-electron chi connectivity index (χ2n) is 5.30. The first-order chi connectivity index (χ1) is 8.81. The molecule has 4 N–H and O–H groups in total. The summed E-state index contributed by atoms with van der Waals surface area (Å²) in [5, 5.41) is 11.5. The van der Waals surface area contributed by atoms with Crippen LogP contribution in [0.2, 0.25) is 0 Å². The SMILES string of the molecule is CC(C)CC(NC(=O)N1CCC(C(N)=O)C1)C(=O)O. The number of rotatable bonds is 5. The summed E-state index contributed by atoms with van der Waals surface area (Å²) >= 11 is 0. The average Bonchev–Trinajstić information content (AvgIpc) is 2.76. The molecule has 0 saturated carbocycles. The zero-order chi connectivity index (χ0) is 14.6. The first-order valence-corrected chi connectivity index (χ1v) is 6.38. The summed E-state index contributed by atoms with van der Waals surface area (Å²) in [7, 11) is 0. The molecule has 1 fully saturated rings. The Bertz CT molecular complexity index is 370. The second-order valence-corrected chi connectivity index (χ2v) is 5.30. The fraction of sp³-hybridized carbons (Fsp3) is 0.750. The first-order valence-electron chi connectivity index (χ1n) is 6.38. The smallest absolute Gasteiger partial charge is 0.326 e. The Morgan fingerprint density at radius 3 is 2.47 bits per heavy atom. The number of nitrogens with two attached hydrogens (primary N) is 1. The van der Waals surface area contributed by atoms with Crippen LogP contribution in [-0.4, -0.2) is 47.0 Å². The molecule has 0 aromatic carbocycles. The van der Waals surface area contributed by atoms with Gasteiger partial charge in [-0.15, -0.1) is 0 Å². The van der Waals surface area contributed by atoms with Crippen molar-refractivity contribution in [3.8, 4) is 0 Å². The number of carboxylic acids is 1. The fourth-order valence-corrected chi connectivity index (χ4v) is 2.11. The minimum absolute atomic E-state index is 0.165. The molecule has 0 aromatic heterocycles. The lowest BCUT2D eigenvalue weighted by Crippen LogP contribution is -2.48. The highest BCUT2D eigenvalue weighted by atomic mass is 16.4. The summed E-state index contributed by atoms with van der Waals surface area (Å²) in [5.74, 6) is -1.64. The average molecular weight is 271 g/mol. The second kappa shape index (κ2) is 6.40. The lowest BCUT2D eigenvalue weighted by atomic mass is 10.0. The number of hydrogen-bond donors (Lipinski definition) is 3. The first kappa shape index (κ1) is 15.3. The topological polar surface area (TPSA) is 113 Å². The molecule has 3 amide bonds. The predicted molar refractivity (Wildman–Crippen MR) is 68.3 cm³/mol. The minimum atomic E-state index is -1.05. The Morgan fingerprint density at radius 2 is 2.05 bits per heavy atom. The molecule has 108 valence electrons. The van der Waals surface area contributed by atoms with Crippen LogP contribution >= 0.6 is 0 Å². The van der Waals surface area contributed by atoms with E-state index in [1.54, 1.807) is 0 Å². The number of amides is 3. The van der Waals surface area contributed by atoms with Gasteiger partial charge in [0.1, 0.15) is 6.04 Å². The van der Waals surface area contributed by atoms with Crippen LogP contribution in [0.25, 0.3) is 0 Å². The molecule has 1 heterocycles. The van der Waals surface area contributed by atoms with E-state index in [-0.39, 0.29) is 18.4 Å². The highest BCUT2D eigenvalue weighted by molar-refractivity contribution is 5.84. The van der Waals surface area contributed by atoms with Crippen LogP contribution in [-0.2, 0) is 9.59 Å². The molecule has 1 rings (SSSR count). The molecule has 2 atom stereocenters. The van der Waals surface area contributed by atoms with Gasteiger partial charge in [-0.05, 0) is 18.8 Å². The van der Waals surface area contributed by atoms with Crippen molar-refractivity contribution in [1.29, 1.82) is 0 Å². The van der Waals surface area contributed by atoms with Crippen LogP contribution < -0.4 is 11.1 Å². The maximum atomic E-state index is 11.9. The summed E-state index contributed by atoms with van der Waals surface area (Å²) < 4.78 is 0. The molecule has 0 aliphatic carbocycles. The van der Waals surface area contributed by atoms with Crippen molar-refractivity contribution in [3.63, 3.8) is 0 Å². The van der Waals surface area contributed by atoms with Gasteiger partial charge in [0.15, 0.2) is 0 Å². The van der Waals surface area contributed by atoms with Crippen LogP contribution in [0.1, 0.15) is 26.7 Å². The molecule has 1 saturated heterocycles. The van der Waals surface area contributed by atoms with Gasteiger partial charge in [0.2, 0.25) is 5.91 Å². The molecule has 2 unspecified atom stereocenters. The number of aliphatic carboxylic acids is 1. The summed E-state index contributed by atoms with van der Waals surface area (Å²) in [5.41, 5.74) is 5.18. The third-order valence-electron chi connectivity index (χ3n) is 3.18. The molecule has 7 nitrogen and oxygen atoms in total. The Hall–Kier alpha value is -1.79. The van der Waals surface area contributed by atoms with Gasteiger partial charge in [-0.25, -0.2) is 9.59 Å². The standard InChI is InChI=1S/C12H21N3O4/c1-7(2)5-9(11(17)18)14-12(19)15-4-3-8(6-15)10(13)16/h7-9H,3-6H2,1-2H3,(H2,13,16)(H,14,19)(H,17,18). The van der Waals surface area contributed by atoms with Gasteiger partial charge in [0.05, 0.1) is 5.92 Å². The zero-order valence-electron chi connectivity index (χ0n) is 11.3. The Balaban J connectivity index is 2.54. The van der Waals surface area contributed by atoms with E-state index < -0.39 is 23.9 Å². The van der Waals surface area contributed by atoms with Crippen LogP contribution in [0.5, 0.6) is 0 Å². The number of likely N-dealkylation sites (tertiary alicyclic amines) is 1. The highest BCUT2D eigenvalue weighted by Crippen LogP contribution is 2.16. The van der Waals surface area contributed by atoms with Crippen LogP contribution in [0.15, 0.2) is 0 Å². The molecular weight excluding hydrogens is 250 g/mol. The molecule has 7 heteroatoms. The van der Waals surface area contributed by atoms with Gasteiger partial charge in [-0.1, -0.05) is 13.8 Å². The summed E-state index contributed by atoms with van der Waals surface area (Å²) in [6.45, 7) is 4.46. The number of carbonyl (C=O) groups is 3. The third-order valence-corrected chi connectivity index (χ3v) is 3.18. The summed E-state index contributed by atoms with van der Waals surface area (Å²) in [4.78, 5) is 35.4. The number of primary amides is 1. The van der Waals surface area contributed by atoms with Gasteiger partial charge in [-0.3, -0.25) is 4.79 Å². The van der Waals surface area contributed by atoms with E-state index in [1.807, 2.05) is 13.8 Å². The van der Waals surface area contributed by atoms with Crippen molar-refractivity contribution in [1.82, 2.24) is 10.2 Å². The van der Waals surface area contributed by atoms with Crippen molar-refractivity contribution in [3.05, 3.63) is 0 Å². The molecule has 0 aromatic rings. The van der Waals surface area contributed by atoms with Crippen molar-refractivity contribution in [2.24, 2.45) is 17.6 Å². The minimum Gasteiger partial charge on any atom is -0.480 e. The molecule has 0 radical (unpaired) electrons. The Kier molecular flexibility index (Phi) is 5.14. The number of urea groups is 1. The molecule has 1 aliphatic heterocycles. The maximum Gasteiger partial charge on any atom is 0.326 e. The van der Waals surface area contributed by atoms with E-state index >= 15 is 0 Å². The van der Waals surface area contributed by atoms with Crippen LogP contribution in [0.4, 0.5) is 4.79 Å². The van der Waals surface area contributed by atoms with E-state index in [9.17, 15) is 14.4 Å². The maximum absolute atomic E-state index is 11.9. The molecule has 1 aliphatic rings. The van der Waals surface area contributed by atoms with Gasteiger partial charge < -0.3 is 21.1 Å². The van der Waals surface area contributed by atoms with Crippen molar-refractivity contribution >= 4 is 17.9 Å². The fourth-order valence-electron chi connectivity index (χ4n) is 2.11. The monoisotopic (exact) mass is 271 g/mol. The Labute approximate surface area is 112 Å². The quantitative estimate of drug-likeness (QED) is 0.653. The number of nitrogens with one attached hydrogen (secondary N) is 1. The van der Waals surface area contributed by atoms with Gasteiger partial charge in [0, 0.05) is 13.1 Å². The summed E-state index contributed by atoms with van der Waals surface area (Å²) in [6, 6.07) is -1.35. The molecule has 19 heavy (non-hydrogen) atoms. The largest absolute Gasteiger partial charge is 0.480 e. The zero-order valence-corrected chi connectivity index (χ0v) is 11.3. The highest BCUT2D eigenvalue weighted by Gasteiger charge is 2.31. The lowest BCUT2D eigenvalue weighted by molar-refractivity contribution is -0.139. The van der Waals surface area contributed by atoms with E-state index in [0.29, 0.717) is 19.4 Å². The molecular formula is C12H21N3O4. The normalized spacial score (nSPS) is 20.4. The van der Waals surface area contributed by atoms with E-state index in [4.69, 9.17) is 10.8 Å². The predicted octanol–water partition coefficient (Wildman–Crippen LogP) is 0.00250. The summed E-state index contributed by atoms with van der Waals surface area (Å²) in [6.07, 6.45) is 0.902. The van der Waals surface area contributed by atoms with E-state index in [0.717, 1.165) is 0 Å². The van der Waals surface area contributed by atoms with E-state index in [1.165, 1.54) is 4.90 Å². The van der Waals surface area contributed by atoms with E-state index in [2.05, 4.69) is 5.32 Å². The Morgan fingerprint density at radius 1 is 1.42 bits per heavy atom. The molecule has 0 spiro atoms. The number of carbonyl (C=O) groups excluding carboxylic acids is 2. The number of hydrogen-bond acceptors (Lipinski definition) is 3.